The van der Waals surface area contributed by atoms with E-state index in [2.05, 4.69) is 31.9 Å². The first kappa shape index (κ1) is 99.8. The number of nitrogens with two attached hydrogens (primary N) is 1. The Labute approximate surface area is 688 Å². The second-order valence-electron chi connectivity index (χ2n) is 31.1. The van der Waals surface area contributed by atoms with Crippen molar-refractivity contribution in [3.05, 3.63) is 48.0 Å². The predicted octanol–water partition coefficient (Wildman–Crippen LogP) is 4.84. The van der Waals surface area contributed by atoms with E-state index < -0.39 is 117 Å². The van der Waals surface area contributed by atoms with Gasteiger partial charge >= 0.3 is 11.9 Å². The number of likely N-dealkylation sites (tertiary alicyclic amines) is 2. The number of nitrogens with zero attached hydrogens (tertiary/aromatic N) is 2. The Bertz CT molecular complexity index is 3620. The van der Waals surface area contributed by atoms with Crippen LogP contribution in [0.4, 0.5) is 0 Å². The monoisotopic (exact) mass is 1670 g/mol. The molecule has 11 amide bonds. The maximum Gasteiger partial charge on any atom is 0.325 e. The molecule has 116 heavy (non-hydrogen) atoms. The fourth-order valence-corrected chi connectivity index (χ4v) is 14.4. The van der Waals surface area contributed by atoms with Crippen LogP contribution in [0.25, 0.3) is 10.8 Å². The van der Waals surface area contributed by atoms with Crippen LogP contribution in [0.3, 0.4) is 0 Å². The van der Waals surface area contributed by atoms with Crippen molar-refractivity contribution >= 4 is 134 Å². The van der Waals surface area contributed by atoms with Gasteiger partial charge < -0.3 is 66.1 Å². The zero-order valence-corrected chi connectivity index (χ0v) is 70.4. The number of esters is 2. The number of imide groups is 2. The molecule has 6 unspecified atom stereocenters. The first-order valence-electron chi connectivity index (χ1n) is 40.2. The molecule has 0 saturated carbocycles. The number of amides is 11. The lowest BCUT2D eigenvalue weighted by atomic mass is 9.83. The molecule has 2 aliphatic rings. The molecule has 0 bridgehead atoms. The quantitative estimate of drug-likeness (QED) is 0.0265. The van der Waals surface area contributed by atoms with Gasteiger partial charge in [0.2, 0.25) is 65.0 Å². The van der Waals surface area contributed by atoms with Crippen LogP contribution < -0.4 is 37.6 Å². The Hall–Kier alpha value is -8.57. The molecular weight excluding hydrogens is 1540 g/mol. The van der Waals surface area contributed by atoms with Crippen LogP contribution in [-0.2, 0) is 116 Å². The van der Waals surface area contributed by atoms with Crippen molar-refractivity contribution in [1.82, 2.24) is 41.7 Å². The van der Waals surface area contributed by atoms with Crippen molar-refractivity contribution in [3.8, 4) is 0 Å². The van der Waals surface area contributed by atoms with Crippen molar-refractivity contribution < 1.29 is 110 Å². The summed E-state index contributed by atoms with van der Waals surface area (Å²) in [5, 5.41) is 16.5. The SMILES string of the molecule is CCOC(=O)CNC(=O)CSC1CC(=O)N(CCC(=O)CCCOCCOCC(=O)NCCCCC(NC(=O)C(CCC(C)(C)C)CC(=O)C(CCCCNC(=O)COCCOCCCC(=O)CCN2C(=O)CC(SCC(=O)NCC(=O)OCC)C2=O)NC(=O)C(CCC(C)(C)C)CC(=O)Cc2cccc3ccccc23)C(N)=O)C1=O. The van der Waals surface area contributed by atoms with E-state index in [1.165, 1.54) is 0 Å². The van der Waals surface area contributed by atoms with E-state index in [0.717, 1.165) is 49.7 Å². The number of ketones is 4. The van der Waals surface area contributed by atoms with E-state index in [1.807, 2.05) is 84.0 Å². The van der Waals surface area contributed by atoms with E-state index in [0.29, 0.717) is 57.8 Å². The van der Waals surface area contributed by atoms with Crippen LogP contribution >= 0.6 is 23.5 Å². The molecule has 34 heteroatoms. The highest BCUT2D eigenvalue weighted by molar-refractivity contribution is 8.01. The second-order valence-corrected chi connectivity index (χ2v) is 33.5. The summed E-state index contributed by atoms with van der Waals surface area (Å²) < 4.78 is 31.6. The summed E-state index contributed by atoms with van der Waals surface area (Å²) in [6, 6.07) is 11.3. The van der Waals surface area contributed by atoms with Crippen molar-refractivity contribution in [3.63, 3.8) is 0 Å². The molecular formula is C82H123N9O23S2. The maximum absolute atomic E-state index is 14.9. The van der Waals surface area contributed by atoms with Gasteiger partial charge in [-0.05, 0) is 118 Å². The summed E-state index contributed by atoms with van der Waals surface area (Å²) in [4.78, 5) is 222. The van der Waals surface area contributed by atoms with Crippen LogP contribution in [0, 0.1) is 22.7 Å². The average molecular weight is 1670 g/mol. The first-order chi connectivity index (χ1) is 55.2. The Morgan fingerprint density at radius 1 is 0.491 bits per heavy atom. The lowest BCUT2D eigenvalue weighted by Gasteiger charge is -2.27. The van der Waals surface area contributed by atoms with Crippen LogP contribution in [0.1, 0.15) is 189 Å². The van der Waals surface area contributed by atoms with Crippen molar-refractivity contribution in [2.24, 2.45) is 28.4 Å². The number of Topliss-reactive ketones (excluding diaryl/α,β-unsaturated/α-hetero) is 4. The van der Waals surface area contributed by atoms with Gasteiger partial charge in [-0.25, -0.2) is 0 Å². The van der Waals surface area contributed by atoms with Gasteiger partial charge in [-0.3, -0.25) is 91.3 Å². The van der Waals surface area contributed by atoms with E-state index in [9.17, 15) is 81.5 Å². The van der Waals surface area contributed by atoms with Crippen LogP contribution in [0.5, 0.6) is 0 Å². The third-order valence-electron chi connectivity index (χ3n) is 18.9. The topological polar surface area (TPSA) is 450 Å². The minimum Gasteiger partial charge on any atom is -0.465 e. The van der Waals surface area contributed by atoms with Gasteiger partial charge in [0, 0.05) is 109 Å². The molecule has 2 aromatic rings. The molecule has 0 aromatic heterocycles. The Morgan fingerprint density at radius 3 is 1.40 bits per heavy atom. The van der Waals surface area contributed by atoms with Crippen LogP contribution in [0.15, 0.2) is 42.5 Å². The minimum atomic E-state index is -1.13. The molecule has 2 heterocycles. The number of carbonyl (C=O) groups is 17. The van der Waals surface area contributed by atoms with Crippen LogP contribution in [-0.4, -0.2) is 249 Å². The number of rotatable bonds is 62. The highest BCUT2D eigenvalue weighted by atomic mass is 32.2. The number of hydrogen-bond acceptors (Lipinski definition) is 25. The molecule has 2 aromatic carbocycles. The molecule has 646 valence electrons. The molecule has 0 spiro atoms. The second kappa shape index (κ2) is 54.4. The number of primary amides is 1. The number of carbonyl (C=O) groups excluding carboxylic acids is 17. The molecule has 8 N–H and O–H groups in total. The standard InChI is InChI=1S/C82H123N9O23S2/c1-9-113-74(102)49-86-70(98)53-115-66-47-72(100)90(79(66)107)36-30-59(92)23-18-38-109-40-42-111-51-68(96)84-34-15-13-26-63(88-77(105)57(28-32-81(3,4)5)45-61(94)44-56-22-17-21-55-20-11-12-25-62(55)56)65(95)46-58(29-33-82(6,7)8)78(106)89-64(76(83)104)27-14-16-35-85-69(97)52-112-43-41-110-39-19-24-60(93)31-37-91-73(101)48-67(80(91)108)116-54-71(99)87-50-75(103)114-10-2/h11-12,17,20-22,25,57-58,63-64,66-67H,9-10,13-16,18-19,23-24,26-54H2,1-8H3,(H2,83,104)(H,84,96)(H,85,97)(H,86,98)(H,87,99)(H,88,105)(H,89,106). The summed E-state index contributed by atoms with van der Waals surface area (Å²) in [5.41, 5.74) is 6.20. The Morgan fingerprint density at radius 2 is 0.931 bits per heavy atom. The van der Waals surface area contributed by atoms with Gasteiger partial charge in [-0.1, -0.05) is 84.0 Å². The van der Waals surface area contributed by atoms with Crippen molar-refractivity contribution in [2.75, 3.05) is 117 Å². The summed E-state index contributed by atoms with van der Waals surface area (Å²) >= 11 is 1.96. The third kappa shape index (κ3) is 41.5. The van der Waals surface area contributed by atoms with E-state index in [1.54, 1.807) is 13.8 Å². The fourth-order valence-electron chi connectivity index (χ4n) is 12.4. The first-order valence-corrected chi connectivity index (χ1v) is 42.3. The van der Waals surface area contributed by atoms with Crippen molar-refractivity contribution in [2.45, 2.75) is 213 Å². The van der Waals surface area contributed by atoms with E-state index in [-0.39, 0.29) is 222 Å². The lowest BCUT2D eigenvalue weighted by Crippen LogP contribution is -2.48. The van der Waals surface area contributed by atoms with Crippen molar-refractivity contribution in [1.29, 1.82) is 0 Å². The third-order valence-corrected chi connectivity index (χ3v) is 21.3. The fraction of sp³-hybridized carbons (Fsp3) is 0.671. The smallest absolute Gasteiger partial charge is 0.325 e. The summed E-state index contributed by atoms with van der Waals surface area (Å²) in [6.45, 7) is 15.6. The zero-order valence-electron chi connectivity index (χ0n) is 68.8. The van der Waals surface area contributed by atoms with Gasteiger partial charge in [0.15, 0.2) is 5.78 Å². The number of benzene rings is 2. The molecule has 2 fully saturated rings. The van der Waals surface area contributed by atoms with Gasteiger partial charge in [-0.15, -0.1) is 23.5 Å². The highest BCUT2D eigenvalue weighted by Crippen LogP contribution is 2.31. The lowest BCUT2D eigenvalue weighted by molar-refractivity contribution is -0.143. The average Bonchev–Trinajstić information content (AvgIpc) is 1.65. The number of nitrogens with one attached hydrogen (secondary N) is 6. The molecule has 2 saturated heterocycles. The Kier molecular flexibility index (Phi) is 46.8. The predicted molar refractivity (Wildman–Crippen MR) is 433 cm³/mol. The summed E-state index contributed by atoms with van der Waals surface area (Å²) in [7, 11) is 0. The maximum atomic E-state index is 14.9. The Balaban J connectivity index is 1.23. The number of ether oxygens (including phenoxy) is 6. The normalized spacial score (nSPS) is 15.3. The number of fused-ring (bicyclic) bond motifs is 1. The highest BCUT2D eigenvalue weighted by Gasteiger charge is 2.41. The molecule has 4 rings (SSSR count). The van der Waals surface area contributed by atoms with Gasteiger partial charge in [-0.2, -0.15) is 0 Å². The number of thioether (sulfide) groups is 2. The van der Waals surface area contributed by atoms with E-state index >= 15 is 0 Å². The molecule has 0 aliphatic carbocycles. The van der Waals surface area contributed by atoms with E-state index in [4.69, 9.17) is 34.2 Å². The molecule has 2 aliphatic heterocycles. The number of hydrogen-bond donors (Lipinski definition) is 7. The van der Waals surface area contributed by atoms with Gasteiger partial charge in [0.05, 0.1) is 67.7 Å². The number of unbranched alkanes of at least 4 members (excludes halogenated alkanes) is 2. The van der Waals surface area contributed by atoms with Gasteiger partial charge in [0.1, 0.15) is 49.7 Å². The van der Waals surface area contributed by atoms with Crippen LogP contribution in [0.2, 0.25) is 0 Å². The molecule has 6 atom stereocenters. The van der Waals surface area contributed by atoms with Gasteiger partial charge in [0.25, 0.3) is 0 Å². The summed E-state index contributed by atoms with van der Waals surface area (Å²) in [5.74, 6) is -9.66. The minimum absolute atomic E-state index is 0.0387. The molecule has 0 radical (unpaired) electrons. The molecule has 32 nitrogen and oxygen atoms in total. The largest absolute Gasteiger partial charge is 0.465 e. The summed E-state index contributed by atoms with van der Waals surface area (Å²) in [6.07, 6.45) is 3.82. The zero-order chi connectivity index (χ0) is 85.6.